The minimum atomic E-state index is -4.79. The third-order valence-corrected chi connectivity index (χ3v) is 6.08. The smallest absolute Gasteiger partial charge is 0.416 e. The van der Waals surface area contributed by atoms with E-state index in [0.717, 1.165) is 50.7 Å². The van der Waals surface area contributed by atoms with Crippen LogP contribution in [-0.4, -0.2) is 16.1 Å². The van der Waals surface area contributed by atoms with Crippen LogP contribution in [0.1, 0.15) is 75.5 Å². The number of rotatable bonds is 10. The molecule has 0 aromatic heterocycles. The van der Waals surface area contributed by atoms with Gasteiger partial charge in [0.05, 0.1) is 16.7 Å². The first kappa shape index (κ1) is 24.0. The molecule has 0 saturated heterocycles. The van der Waals surface area contributed by atoms with Crippen LogP contribution in [0.25, 0.3) is 0 Å². The van der Waals surface area contributed by atoms with Crippen molar-refractivity contribution < 1.29 is 30.8 Å². The van der Waals surface area contributed by atoms with E-state index >= 15 is 0 Å². The monoisotopic (exact) mass is 414 g/mol. The average Bonchev–Trinajstić information content (AvgIpc) is 2.60. The molecule has 0 amide bonds. The van der Waals surface area contributed by atoms with Gasteiger partial charge in [-0.25, -0.2) is 0 Å². The van der Waals surface area contributed by atoms with Crippen LogP contribution in [0.4, 0.5) is 26.3 Å². The highest BCUT2D eigenvalue weighted by molar-refractivity contribution is 5.98. The fourth-order valence-corrected chi connectivity index (χ4v) is 4.07. The van der Waals surface area contributed by atoms with Crippen molar-refractivity contribution >= 4 is 10.5 Å². The number of hydrogen-bond acceptors (Lipinski definition) is 1. The lowest BCUT2D eigenvalue weighted by Gasteiger charge is -2.31. The van der Waals surface area contributed by atoms with Crippen molar-refractivity contribution in [2.45, 2.75) is 83.2 Å². The lowest BCUT2D eigenvalue weighted by atomic mass is 9.90. The minimum absolute atomic E-state index is 0.0745. The molecule has 0 bridgehead atoms. The van der Waals surface area contributed by atoms with Crippen molar-refractivity contribution in [3.63, 3.8) is 0 Å². The Morgan fingerprint density at radius 3 is 1.67 bits per heavy atom. The first-order chi connectivity index (χ1) is 12.5. The van der Waals surface area contributed by atoms with Crippen LogP contribution in [0.3, 0.4) is 0 Å². The van der Waals surface area contributed by atoms with E-state index in [0.29, 0.717) is 16.9 Å². The van der Waals surface area contributed by atoms with E-state index in [1.165, 1.54) is 0 Å². The van der Waals surface area contributed by atoms with Crippen LogP contribution < -0.4 is 0 Å². The van der Waals surface area contributed by atoms with Gasteiger partial charge in [0.1, 0.15) is 10.5 Å². The molecule has 0 unspecified atom stereocenters. The predicted molar refractivity (Wildman–Crippen MR) is 97.6 cm³/mol. The maximum absolute atomic E-state index is 12.9. The van der Waals surface area contributed by atoms with Crippen LogP contribution in [0.5, 0.6) is 0 Å². The number of aryl methyl sites for hydroxylation is 1. The van der Waals surface area contributed by atoms with Gasteiger partial charge in [-0.05, 0) is 55.9 Å². The Morgan fingerprint density at radius 2 is 1.26 bits per heavy atom. The molecule has 0 saturated carbocycles. The normalized spacial score (nSPS) is 13.3. The second-order valence-corrected chi connectivity index (χ2v) is 7.33. The number of halogens is 6. The summed E-state index contributed by atoms with van der Waals surface area (Å²) in [6.07, 6.45) is -3.39. The largest absolute Gasteiger partial charge is 0.422 e. The van der Waals surface area contributed by atoms with Gasteiger partial charge in [0.25, 0.3) is 0 Å². The Bertz CT molecular complexity index is 538. The molecule has 1 aromatic rings. The van der Waals surface area contributed by atoms with Gasteiger partial charge in [-0.2, -0.15) is 26.3 Å². The topological polar surface area (TPSA) is 9.23 Å². The molecule has 0 atom stereocenters. The molecule has 1 rings (SSSR count). The van der Waals surface area contributed by atoms with Gasteiger partial charge in [-0.15, -0.1) is 0 Å². The highest BCUT2D eigenvalue weighted by Crippen LogP contribution is 2.36. The lowest BCUT2D eigenvalue weighted by molar-refractivity contribution is -0.143. The fourth-order valence-electron chi connectivity index (χ4n) is 3.29. The summed E-state index contributed by atoms with van der Waals surface area (Å²) in [6.45, 7) is 4.18. The van der Waals surface area contributed by atoms with Crippen molar-refractivity contribution in [2.75, 3.05) is 0 Å². The fraction of sp³-hybridized carbons (Fsp3) is 0.684. The summed E-state index contributed by atoms with van der Waals surface area (Å²) < 4.78 is 82.9. The van der Waals surface area contributed by atoms with E-state index in [-0.39, 0.29) is 23.7 Å². The van der Waals surface area contributed by atoms with E-state index in [1.54, 1.807) is 0 Å². The van der Waals surface area contributed by atoms with Crippen molar-refractivity contribution in [2.24, 2.45) is 0 Å². The molecule has 0 aliphatic carbocycles. The molecule has 156 valence electrons. The lowest BCUT2D eigenvalue weighted by Crippen LogP contribution is -2.30. The minimum Gasteiger partial charge on any atom is -0.422 e. The zero-order valence-corrected chi connectivity index (χ0v) is 18.1. The van der Waals surface area contributed by atoms with Gasteiger partial charge in [-0.1, -0.05) is 33.1 Å². The highest BCUT2D eigenvalue weighted by atomic mass is 28.2. The van der Waals surface area contributed by atoms with Crippen LogP contribution in [0, 0.1) is 0 Å². The molecule has 0 spiro atoms. The molecule has 0 heterocycles. The first-order valence-electron chi connectivity index (χ1n) is 9.31. The quantitative estimate of drug-likeness (QED) is 0.256. The Labute approximate surface area is 160 Å². The van der Waals surface area contributed by atoms with Gasteiger partial charge in [0, 0.05) is 0 Å². The van der Waals surface area contributed by atoms with Gasteiger partial charge < -0.3 is 4.43 Å². The zero-order chi connectivity index (χ0) is 20.7. The van der Waals surface area contributed by atoms with Crippen LogP contribution >= 0.6 is 0 Å². The van der Waals surface area contributed by atoms with Gasteiger partial charge >= 0.3 is 12.4 Å². The number of unbranched alkanes of at least 4 members (excludes halogenated alkanes) is 3. The molecule has 0 aliphatic heterocycles. The van der Waals surface area contributed by atoms with E-state index in [9.17, 15) is 26.3 Å². The van der Waals surface area contributed by atoms with E-state index in [4.69, 9.17) is 4.43 Å². The molecule has 27 heavy (non-hydrogen) atoms. The first-order valence-corrected chi connectivity index (χ1v) is 10.1. The van der Waals surface area contributed by atoms with Crippen molar-refractivity contribution in [3.8, 4) is 0 Å². The predicted octanol–water partition coefficient (Wildman–Crippen LogP) is 6.07. The standard InChI is InChI=1S/C19H28F6OSi/c1-3-17(4-2,26-27)10-8-6-5-7-9-14-11-15(18(20,21)22)13-16(12-14)19(23,24)25/h11-13H,3-10H2,1-2,27H3. The molecule has 1 aromatic carbocycles. The third kappa shape index (κ3) is 7.48. The maximum atomic E-state index is 12.9. The molecular weight excluding hydrogens is 386 g/mol. The average molecular weight is 415 g/mol. The van der Waals surface area contributed by atoms with Crippen molar-refractivity contribution in [1.29, 1.82) is 0 Å². The van der Waals surface area contributed by atoms with E-state index < -0.39 is 23.5 Å². The molecular formula is C19H28F6OSi. The second kappa shape index (κ2) is 9.96. The molecule has 0 fully saturated rings. The van der Waals surface area contributed by atoms with Crippen LogP contribution in [0.15, 0.2) is 18.2 Å². The summed E-state index contributed by atoms with van der Waals surface area (Å²) in [5.74, 6) is 0. The van der Waals surface area contributed by atoms with E-state index in [2.05, 4.69) is 13.8 Å². The van der Waals surface area contributed by atoms with Gasteiger partial charge in [-0.3, -0.25) is 0 Å². The summed E-state index contributed by atoms with van der Waals surface area (Å²) in [6, 6.07) is 1.82. The molecule has 8 heteroatoms. The summed E-state index contributed by atoms with van der Waals surface area (Å²) in [4.78, 5) is 0. The SMILES string of the molecule is CCC(CC)(CCCCCCc1cc(C(F)(F)F)cc(C(F)(F)F)c1)O[SiH3]. The summed E-state index contributed by atoms with van der Waals surface area (Å²) in [5, 5.41) is 0. The molecule has 0 aliphatic rings. The van der Waals surface area contributed by atoms with Crippen molar-refractivity contribution in [1.82, 2.24) is 0 Å². The zero-order valence-electron chi connectivity index (χ0n) is 16.1. The summed E-state index contributed by atoms with van der Waals surface area (Å²) >= 11 is 0. The molecule has 0 radical (unpaired) electrons. The number of hydrogen-bond donors (Lipinski definition) is 0. The second-order valence-electron chi connectivity index (χ2n) is 6.92. The summed E-state index contributed by atoms with van der Waals surface area (Å²) in [5.41, 5.74) is -2.48. The third-order valence-electron chi connectivity index (χ3n) is 5.22. The Hall–Kier alpha value is -1.02. The number of alkyl halides is 6. The number of benzene rings is 1. The molecule has 0 N–H and O–H groups in total. The Morgan fingerprint density at radius 1 is 0.778 bits per heavy atom. The van der Waals surface area contributed by atoms with Gasteiger partial charge in [0.2, 0.25) is 0 Å². The van der Waals surface area contributed by atoms with Crippen LogP contribution in [-0.2, 0) is 23.2 Å². The van der Waals surface area contributed by atoms with E-state index in [1.807, 2.05) is 0 Å². The van der Waals surface area contributed by atoms with Crippen molar-refractivity contribution in [3.05, 3.63) is 34.9 Å². The molecule has 1 nitrogen and oxygen atoms in total. The van der Waals surface area contributed by atoms with Gasteiger partial charge in [0.15, 0.2) is 0 Å². The Kier molecular flexibility index (Phi) is 8.86. The Balaban J connectivity index is 2.62. The summed E-state index contributed by atoms with van der Waals surface area (Å²) in [7, 11) is 0.675. The highest BCUT2D eigenvalue weighted by Gasteiger charge is 2.36. The van der Waals surface area contributed by atoms with Crippen LogP contribution in [0.2, 0.25) is 0 Å². The maximum Gasteiger partial charge on any atom is 0.416 e.